The van der Waals surface area contributed by atoms with E-state index in [4.69, 9.17) is 4.74 Å². The lowest BCUT2D eigenvalue weighted by atomic mass is 10.3. The summed E-state index contributed by atoms with van der Waals surface area (Å²) in [5, 5.41) is 3.33. The maximum absolute atomic E-state index is 5.10. The molecule has 0 aromatic carbocycles. The minimum atomic E-state index is 0.652. The van der Waals surface area contributed by atoms with E-state index < -0.39 is 0 Å². The Kier molecular flexibility index (Phi) is 4.78. The molecule has 0 aliphatic carbocycles. The van der Waals surface area contributed by atoms with E-state index in [2.05, 4.69) is 27.1 Å². The molecular formula is C13H22N4O. The Hall–Kier alpha value is -1.33. The van der Waals surface area contributed by atoms with Crippen LogP contribution in [0.2, 0.25) is 0 Å². The summed E-state index contributed by atoms with van der Waals surface area (Å²) in [5.74, 6) is 1.53. The molecule has 1 aliphatic heterocycles. The lowest BCUT2D eigenvalue weighted by Crippen LogP contribution is -2.45. The largest absolute Gasteiger partial charge is 0.481 e. The summed E-state index contributed by atoms with van der Waals surface area (Å²) in [7, 11) is 3.81. The molecule has 1 aromatic rings. The fraction of sp³-hybridized carbons (Fsp3) is 0.615. The van der Waals surface area contributed by atoms with Gasteiger partial charge < -0.3 is 15.0 Å². The summed E-state index contributed by atoms with van der Waals surface area (Å²) >= 11 is 0. The summed E-state index contributed by atoms with van der Waals surface area (Å²) in [4.78, 5) is 9.17. The second-order valence-corrected chi connectivity index (χ2v) is 4.64. The van der Waals surface area contributed by atoms with Crippen LogP contribution in [0.5, 0.6) is 5.88 Å². The van der Waals surface area contributed by atoms with Crippen LogP contribution in [0.3, 0.4) is 0 Å². The molecule has 5 nitrogen and oxygen atoms in total. The van der Waals surface area contributed by atoms with E-state index in [0.717, 1.165) is 45.1 Å². The molecule has 0 spiro atoms. The summed E-state index contributed by atoms with van der Waals surface area (Å²) < 4.78 is 5.10. The second-order valence-electron chi connectivity index (χ2n) is 4.64. The number of ether oxygens (including phenoxy) is 1. The van der Waals surface area contributed by atoms with Crippen molar-refractivity contribution < 1.29 is 4.74 Å². The van der Waals surface area contributed by atoms with Crippen LogP contribution in [0.1, 0.15) is 0 Å². The minimum Gasteiger partial charge on any atom is -0.481 e. The smallest absolute Gasteiger partial charge is 0.214 e. The molecule has 1 saturated heterocycles. The van der Waals surface area contributed by atoms with Crippen molar-refractivity contribution in [1.29, 1.82) is 0 Å². The SMILES string of the molecule is COc1cccc(NCCN2CCN(C)CC2)n1. The number of likely N-dealkylation sites (N-methyl/N-ethyl adjacent to an activating group) is 1. The highest BCUT2D eigenvalue weighted by atomic mass is 16.5. The molecule has 0 radical (unpaired) electrons. The molecule has 0 atom stereocenters. The van der Waals surface area contributed by atoms with Gasteiger partial charge in [0.1, 0.15) is 5.82 Å². The van der Waals surface area contributed by atoms with Crippen LogP contribution in [0, 0.1) is 0 Å². The van der Waals surface area contributed by atoms with Crippen molar-refractivity contribution in [3.63, 3.8) is 0 Å². The Morgan fingerprint density at radius 2 is 2.06 bits per heavy atom. The van der Waals surface area contributed by atoms with E-state index in [-0.39, 0.29) is 0 Å². The van der Waals surface area contributed by atoms with Gasteiger partial charge in [0.05, 0.1) is 7.11 Å². The van der Waals surface area contributed by atoms with Crippen molar-refractivity contribution >= 4 is 5.82 Å². The van der Waals surface area contributed by atoms with Gasteiger partial charge in [0, 0.05) is 45.3 Å². The standard InChI is InChI=1S/C13H22N4O/c1-16-8-10-17(11-9-16)7-6-14-12-4-3-5-13(15-12)18-2/h3-5H,6-11H2,1-2H3,(H,14,15). The van der Waals surface area contributed by atoms with Crippen molar-refractivity contribution in [3.05, 3.63) is 18.2 Å². The summed E-state index contributed by atoms with van der Waals surface area (Å²) in [6, 6.07) is 5.77. The fourth-order valence-electron chi connectivity index (χ4n) is 2.04. The van der Waals surface area contributed by atoms with Gasteiger partial charge in [-0.25, -0.2) is 0 Å². The molecule has 0 amide bonds. The average molecular weight is 250 g/mol. The van der Waals surface area contributed by atoms with E-state index in [9.17, 15) is 0 Å². The normalized spacial score (nSPS) is 17.7. The van der Waals surface area contributed by atoms with Crippen LogP contribution in [0.25, 0.3) is 0 Å². The number of nitrogens with zero attached hydrogens (tertiary/aromatic N) is 3. The highest BCUT2D eigenvalue weighted by molar-refractivity contribution is 5.36. The van der Waals surface area contributed by atoms with Crippen LogP contribution in [0.15, 0.2) is 18.2 Å². The zero-order valence-corrected chi connectivity index (χ0v) is 11.2. The third-order valence-electron chi connectivity index (χ3n) is 3.26. The zero-order valence-electron chi connectivity index (χ0n) is 11.2. The molecule has 100 valence electrons. The van der Waals surface area contributed by atoms with Crippen LogP contribution < -0.4 is 10.1 Å². The van der Waals surface area contributed by atoms with Gasteiger partial charge in [0.25, 0.3) is 0 Å². The lowest BCUT2D eigenvalue weighted by molar-refractivity contribution is 0.158. The first-order valence-corrected chi connectivity index (χ1v) is 6.44. The number of pyridine rings is 1. The summed E-state index contributed by atoms with van der Waals surface area (Å²) in [6.45, 7) is 6.62. The Balaban J connectivity index is 1.71. The van der Waals surface area contributed by atoms with Crippen LogP contribution in [0.4, 0.5) is 5.82 Å². The number of hydrogen-bond donors (Lipinski definition) is 1. The fourth-order valence-corrected chi connectivity index (χ4v) is 2.04. The number of nitrogens with one attached hydrogen (secondary N) is 1. The van der Waals surface area contributed by atoms with Crippen molar-refractivity contribution in [1.82, 2.24) is 14.8 Å². The van der Waals surface area contributed by atoms with Gasteiger partial charge in [-0.05, 0) is 13.1 Å². The molecule has 0 unspecified atom stereocenters. The first-order chi connectivity index (χ1) is 8.78. The third-order valence-corrected chi connectivity index (χ3v) is 3.26. The molecule has 1 aromatic heterocycles. The van der Waals surface area contributed by atoms with Crippen LogP contribution in [-0.2, 0) is 0 Å². The first kappa shape index (κ1) is 13.1. The van der Waals surface area contributed by atoms with Gasteiger partial charge in [-0.2, -0.15) is 4.98 Å². The Bertz CT molecular complexity index is 364. The Morgan fingerprint density at radius 3 is 2.78 bits per heavy atom. The van der Waals surface area contributed by atoms with E-state index >= 15 is 0 Å². The van der Waals surface area contributed by atoms with Crippen LogP contribution >= 0.6 is 0 Å². The quantitative estimate of drug-likeness (QED) is 0.835. The van der Waals surface area contributed by atoms with Crippen molar-refractivity contribution in [2.45, 2.75) is 0 Å². The topological polar surface area (TPSA) is 40.6 Å². The molecule has 18 heavy (non-hydrogen) atoms. The minimum absolute atomic E-state index is 0.652. The predicted molar refractivity (Wildman–Crippen MR) is 73.2 cm³/mol. The van der Waals surface area contributed by atoms with Gasteiger partial charge >= 0.3 is 0 Å². The van der Waals surface area contributed by atoms with Crippen molar-refractivity contribution in [2.24, 2.45) is 0 Å². The monoisotopic (exact) mass is 250 g/mol. The van der Waals surface area contributed by atoms with Gasteiger partial charge in [-0.3, -0.25) is 4.90 Å². The third kappa shape index (κ3) is 3.85. The second kappa shape index (κ2) is 6.56. The number of hydrogen-bond acceptors (Lipinski definition) is 5. The number of methoxy groups -OCH3 is 1. The molecule has 1 fully saturated rings. The van der Waals surface area contributed by atoms with E-state index in [1.807, 2.05) is 18.2 Å². The van der Waals surface area contributed by atoms with Gasteiger partial charge in [-0.1, -0.05) is 6.07 Å². The molecule has 1 aliphatic rings. The Morgan fingerprint density at radius 1 is 1.28 bits per heavy atom. The molecule has 1 N–H and O–H groups in total. The van der Waals surface area contributed by atoms with E-state index in [0.29, 0.717) is 5.88 Å². The van der Waals surface area contributed by atoms with Gasteiger partial charge in [-0.15, -0.1) is 0 Å². The highest BCUT2D eigenvalue weighted by Crippen LogP contribution is 2.10. The summed E-state index contributed by atoms with van der Waals surface area (Å²) in [6.07, 6.45) is 0. The highest BCUT2D eigenvalue weighted by Gasteiger charge is 2.12. The Labute approximate surface area is 109 Å². The van der Waals surface area contributed by atoms with Gasteiger partial charge in [0.2, 0.25) is 5.88 Å². The van der Waals surface area contributed by atoms with Gasteiger partial charge in [0.15, 0.2) is 0 Å². The number of piperazine rings is 1. The molecule has 2 rings (SSSR count). The number of aromatic nitrogens is 1. The van der Waals surface area contributed by atoms with Crippen LogP contribution in [-0.4, -0.2) is 68.2 Å². The maximum Gasteiger partial charge on any atom is 0.214 e. The zero-order chi connectivity index (χ0) is 12.8. The van der Waals surface area contributed by atoms with Crippen molar-refractivity contribution in [2.75, 3.05) is 58.7 Å². The summed E-state index contributed by atoms with van der Waals surface area (Å²) in [5.41, 5.74) is 0. The lowest BCUT2D eigenvalue weighted by Gasteiger charge is -2.32. The number of rotatable bonds is 5. The molecule has 0 bridgehead atoms. The van der Waals surface area contributed by atoms with E-state index in [1.165, 1.54) is 0 Å². The predicted octanol–water partition coefficient (Wildman–Crippen LogP) is 0.749. The molecule has 5 heteroatoms. The molecule has 0 saturated carbocycles. The molecule has 2 heterocycles. The van der Waals surface area contributed by atoms with Crippen molar-refractivity contribution in [3.8, 4) is 5.88 Å². The van der Waals surface area contributed by atoms with E-state index in [1.54, 1.807) is 7.11 Å². The number of anilines is 1. The average Bonchev–Trinajstić information content (AvgIpc) is 2.41. The molecular weight excluding hydrogens is 228 g/mol. The first-order valence-electron chi connectivity index (χ1n) is 6.44. The maximum atomic E-state index is 5.10.